The van der Waals surface area contributed by atoms with Gasteiger partial charge < -0.3 is 19.7 Å². The van der Waals surface area contributed by atoms with E-state index in [0.717, 1.165) is 58.1 Å². The fraction of sp³-hybridized carbons (Fsp3) is 0.765. The molecule has 0 bridgehead atoms. The number of aliphatic imine (C=N–C) groups is 1. The molecule has 28 heavy (non-hydrogen) atoms. The Kier molecular flexibility index (Phi) is 12.0. The largest absolute Gasteiger partial charge is 0.385 e. The van der Waals surface area contributed by atoms with Crippen molar-refractivity contribution in [3.05, 3.63) is 22.5 Å². The number of nitro groups is 1. The number of halogens is 1. The van der Waals surface area contributed by atoms with Gasteiger partial charge in [-0.05, 0) is 26.2 Å². The molecule has 1 aliphatic heterocycles. The molecule has 1 N–H and O–H groups in total. The van der Waals surface area contributed by atoms with Crippen LogP contribution in [0, 0.1) is 10.1 Å². The van der Waals surface area contributed by atoms with Crippen molar-refractivity contribution in [1.29, 1.82) is 0 Å². The normalized spacial score (nSPS) is 15.4. The lowest BCUT2D eigenvalue weighted by Crippen LogP contribution is -2.47. The van der Waals surface area contributed by atoms with Crippen LogP contribution in [-0.2, 0) is 16.0 Å². The van der Waals surface area contributed by atoms with Crippen molar-refractivity contribution in [3.63, 3.8) is 0 Å². The molecular weight excluding hydrogens is 479 g/mol. The molecule has 1 aromatic rings. The predicted molar refractivity (Wildman–Crippen MR) is 117 cm³/mol. The van der Waals surface area contributed by atoms with Crippen LogP contribution in [0.3, 0.4) is 0 Å². The highest BCUT2D eigenvalue weighted by molar-refractivity contribution is 14.0. The average Bonchev–Trinajstić information content (AvgIpc) is 3.14. The number of aromatic nitrogens is 2. The number of guanidine groups is 1. The van der Waals surface area contributed by atoms with Crippen molar-refractivity contribution in [2.75, 3.05) is 46.5 Å². The summed E-state index contributed by atoms with van der Waals surface area (Å²) in [6.07, 6.45) is 5.85. The maximum absolute atomic E-state index is 10.7. The highest BCUT2D eigenvalue weighted by Crippen LogP contribution is 2.14. The Hall–Kier alpha value is -1.47. The van der Waals surface area contributed by atoms with Crippen LogP contribution in [0.25, 0.3) is 0 Å². The van der Waals surface area contributed by atoms with Gasteiger partial charge in [0.25, 0.3) is 0 Å². The number of nitrogens with zero attached hydrogens (tertiary/aromatic N) is 5. The van der Waals surface area contributed by atoms with E-state index in [1.807, 2.05) is 6.92 Å². The molecule has 1 fully saturated rings. The zero-order valence-electron chi connectivity index (χ0n) is 16.6. The fourth-order valence-corrected chi connectivity index (χ4v) is 2.94. The van der Waals surface area contributed by atoms with Crippen LogP contribution < -0.4 is 5.32 Å². The first-order valence-electron chi connectivity index (χ1n) is 9.44. The van der Waals surface area contributed by atoms with Gasteiger partial charge in [-0.2, -0.15) is 5.10 Å². The molecule has 0 amide bonds. The van der Waals surface area contributed by atoms with E-state index in [0.29, 0.717) is 19.2 Å². The second-order valence-corrected chi connectivity index (χ2v) is 6.36. The van der Waals surface area contributed by atoms with Crippen LogP contribution in [0.5, 0.6) is 0 Å². The van der Waals surface area contributed by atoms with Gasteiger partial charge in [-0.1, -0.05) is 0 Å². The summed E-state index contributed by atoms with van der Waals surface area (Å²) in [7, 11) is 1.70. The third kappa shape index (κ3) is 8.27. The second-order valence-electron chi connectivity index (χ2n) is 6.36. The Morgan fingerprint density at radius 3 is 2.79 bits per heavy atom. The highest BCUT2D eigenvalue weighted by Gasteiger charge is 2.21. The number of rotatable bonds is 10. The van der Waals surface area contributed by atoms with Crippen molar-refractivity contribution in [2.24, 2.45) is 4.99 Å². The zero-order valence-corrected chi connectivity index (χ0v) is 18.9. The van der Waals surface area contributed by atoms with Gasteiger partial charge in [0.15, 0.2) is 5.96 Å². The zero-order chi connectivity index (χ0) is 19.5. The molecule has 160 valence electrons. The highest BCUT2D eigenvalue weighted by atomic mass is 127. The molecule has 11 heteroatoms. The number of likely N-dealkylation sites (tertiary alicyclic amines) is 1. The molecule has 1 aliphatic rings. The van der Waals surface area contributed by atoms with Gasteiger partial charge in [-0.15, -0.1) is 24.0 Å². The fourth-order valence-electron chi connectivity index (χ4n) is 2.94. The maximum Gasteiger partial charge on any atom is 0.306 e. The van der Waals surface area contributed by atoms with Crippen molar-refractivity contribution in [3.8, 4) is 0 Å². The number of hydrogen-bond acceptors (Lipinski definition) is 6. The third-order valence-corrected chi connectivity index (χ3v) is 4.34. The molecule has 1 saturated heterocycles. The molecule has 1 aromatic heterocycles. The number of piperidine rings is 1. The third-order valence-electron chi connectivity index (χ3n) is 4.34. The van der Waals surface area contributed by atoms with Crippen LogP contribution in [0.15, 0.2) is 17.4 Å². The minimum absolute atomic E-state index is 0. The Morgan fingerprint density at radius 2 is 2.18 bits per heavy atom. The lowest BCUT2D eigenvalue weighted by Gasteiger charge is -2.34. The molecule has 0 aromatic carbocycles. The lowest BCUT2D eigenvalue weighted by atomic mass is 10.1. The van der Waals surface area contributed by atoms with E-state index < -0.39 is 4.92 Å². The first kappa shape index (κ1) is 24.6. The Labute approximate surface area is 182 Å². The summed E-state index contributed by atoms with van der Waals surface area (Å²) in [5.74, 6) is 0.872. The summed E-state index contributed by atoms with van der Waals surface area (Å²) in [5.41, 5.74) is -0.00143. The van der Waals surface area contributed by atoms with E-state index in [1.165, 1.54) is 12.4 Å². The van der Waals surface area contributed by atoms with E-state index in [2.05, 4.69) is 20.3 Å². The first-order valence-corrected chi connectivity index (χ1v) is 9.44. The molecule has 2 rings (SSSR count). The summed E-state index contributed by atoms with van der Waals surface area (Å²) in [6, 6.07) is 0. The molecule has 0 unspecified atom stereocenters. The lowest BCUT2D eigenvalue weighted by molar-refractivity contribution is -0.385. The molecular formula is C17H31IN6O4. The van der Waals surface area contributed by atoms with Gasteiger partial charge in [-0.3, -0.25) is 19.8 Å². The molecule has 10 nitrogen and oxygen atoms in total. The van der Waals surface area contributed by atoms with Gasteiger partial charge in [0, 0.05) is 40.0 Å². The average molecular weight is 510 g/mol. The Balaban J connectivity index is 0.00000392. The van der Waals surface area contributed by atoms with E-state index in [-0.39, 0.29) is 29.7 Å². The summed E-state index contributed by atoms with van der Waals surface area (Å²) >= 11 is 0. The number of nitrogens with one attached hydrogen (secondary N) is 1. The molecule has 0 spiro atoms. The van der Waals surface area contributed by atoms with Crippen molar-refractivity contribution in [1.82, 2.24) is 20.0 Å². The number of hydrogen-bond donors (Lipinski definition) is 1. The number of methoxy groups -OCH3 is 1. The van der Waals surface area contributed by atoms with Crippen LogP contribution in [0.4, 0.5) is 5.69 Å². The summed E-state index contributed by atoms with van der Waals surface area (Å²) in [5, 5.41) is 18.0. The van der Waals surface area contributed by atoms with Gasteiger partial charge in [-0.25, -0.2) is 0 Å². The topological polar surface area (TPSA) is 107 Å². The van der Waals surface area contributed by atoms with Gasteiger partial charge in [0.1, 0.15) is 12.4 Å². The summed E-state index contributed by atoms with van der Waals surface area (Å²) < 4.78 is 12.5. The molecule has 0 radical (unpaired) electrons. The number of ether oxygens (including phenoxy) is 2. The SMILES string of the molecule is CCNC(=NCCn1cc([N+](=O)[O-])cn1)N1CCC(OCCCOC)CC1.I. The quantitative estimate of drug-likeness (QED) is 0.128. The second kappa shape index (κ2) is 13.7. The summed E-state index contributed by atoms with van der Waals surface area (Å²) in [4.78, 5) is 17.1. The van der Waals surface area contributed by atoms with Crippen LogP contribution in [-0.4, -0.2) is 78.2 Å². The smallest absolute Gasteiger partial charge is 0.306 e. The van der Waals surface area contributed by atoms with E-state index in [9.17, 15) is 10.1 Å². The standard InChI is InChI=1S/C17H30N6O4.HI/c1-3-18-17(19-7-10-22-14-15(13-20-22)23(24)25)21-8-5-16(6-9-21)27-12-4-11-26-2;/h13-14,16H,3-12H2,1-2H3,(H,18,19);1H. The van der Waals surface area contributed by atoms with Crippen molar-refractivity contribution >= 4 is 35.6 Å². The molecule has 0 atom stereocenters. The van der Waals surface area contributed by atoms with Gasteiger partial charge in [0.2, 0.25) is 0 Å². The van der Waals surface area contributed by atoms with Crippen LogP contribution in [0.2, 0.25) is 0 Å². The van der Waals surface area contributed by atoms with Crippen LogP contribution in [0.1, 0.15) is 26.2 Å². The first-order chi connectivity index (χ1) is 13.1. The Morgan fingerprint density at radius 1 is 1.43 bits per heavy atom. The van der Waals surface area contributed by atoms with Gasteiger partial charge >= 0.3 is 5.69 Å². The van der Waals surface area contributed by atoms with Crippen molar-refractivity contribution < 1.29 is 14.4 Å². The van der Waals surface area contributed by atoms with E-state index in [4.69, 9.17) is 9.47 Å². The Bertz CT molecular complexity index is 604. The maximum atomic E-state index is 10.7. The van der Waals surface area contributed by atoms with Gasteiger partial charge in [0.05, 0.1) is 24.1 Å². The van der Waals surface area contributed by atoms with E-state index in [1.54, 1.807) is 11.8 Å². The minimum atomic E-state index is -0.446. The van der Waals surface area contributed by atoms with Crippen molar-refractivity contribution in [2.45, 2.75) is 38.8 Å². The summed E-state index contributed by atoms with van der Waals surface area (Å²) in [6.45, 7) is 7.11. The minimum Gasteiger partial charge on any atom is -0.385 e. The monoisotopic (exact) mass is 510 g/mol. The van der Waals surface area contributed by atoms with Crippen LogP contribution >= 0.6 is 24.0 Å². The predicted octanol–water partition coefficient (Wildman–Crippen LogP) is 1.89. The van der Waals surface area contributed by atoms with E-state index >= 15 is 0 Å². The molecule has 0 saturated carbocycles. The molecule has 2 heterocycles. The molecule has 0 aliphatic carbocycles.